The van der Waals surface area contributed by atoms with Gasteiger partial charge in [0.1, 0.15) is 23.2 Å². The lowest BCUT2D eigenvalue weighted by Crippen LogP contribution is -2.43. The quantitative estimate of drug-likeness (QED) is 0.263. The van der Waals surface area contributed by atoms with Crippen LogP contribution in [0.1, 0.15) is 6.92 Å². The standard InChI is InChI=1S/C23H29PS2Si2/c1-20(27(2)26-28(3,4)25)24(21-14-8-5-9-15-21,22-16-10-6-11-17-22)23-18-12-7-13-19-23/h5-20,25H,1-4H3/q+1. The summed E-state index contributed by atoms with van der Waals surface area (Å²) in [5.41, 5.74) is 0. The third kappa shape index (κ3) is 4.68. The summed E-state index contributed by atoms with van der Waals surface area (Å²) in [6, 6.07) is 33.8. The monoisotopic (exact) mass is 456 g/mol. The molecule has 145 valence electrons. The van der Waals surface area contributed by atoms with Crippen LogP contribution in [0.15, 0.2) is 91.0 Å². The fourth-order valence-electron chi connectivity index (χ4n) is 3.86. The highest BCUT2D eigenvalue weighted by Gasteiger charge is 2.53. The molecular weight excluding hydrogens is 428 g/mol. The first-order valence-corrected chi connectivity index (χ1v) is 20.1. The zero-order valence-electron chi connectivity index (χ0n) is 17.0. The summed E-state index contributed by atoms with van der Waals surface area (Å²) in [5, 5.41) is 5.07. The van der Waals surface area contributed by atoms with Crippen molar-refractivity contribution in [2.75, 3.05) is 0 Å². The summed E-state index contributed by atoms with van der Waals surface area (Å²) in [7, 11) is -0.236. The summed E-state index contributed by atoms with van der Waals surface area (Å²) >= 11 is 4.99. The maximum atomic E-state index is 4.99. The molecule has 0 aromatic heterocycles. The lowest BCUT2D eigenvalue weighted by atomic mass is 10.4. The summed E-state index contributed by atoms with van der Waals surface area (Å²) in [5.74, 6) is 0. The van der Waals surface area contributed by atoms with Crippen LogP contribution in [0.3, 0.4) is 0 Å². The third-order valence-electron chi connectivity index (χ3n) is 5.07. The Balaban J connectivity index is 2.28. The average Bonchev–Trinajstić information content (AvgIpc) is 2.70. The van der Waals surface area contributed by atoms with Crippen molar-refractivity contribution in [3.8, 4) is 0 Å². The molecule has 5 heteroatoms. The molecular formula is C23H29PS2Si2+. The molecule has 3 aromatic carbocycles. The van der Waals surface area contributed by atoms with E-state index in [1.807, 2.05) is 0 Å². The summed E-state index contributed by atoms with van der Waals surface area (Å²) in [6.45, 7) is 9.73. The Hall–Kier alpha value is -0.776. The molecule has 0 N–H and O–H groups in total. The van der Waals surface area contributed by atoms with Gasteiger partial charge >= 0.3 is 0 Å². The topological polar surface area (TPSA) is 0 Å². The fraction of sp³-hybridized carbons (Fsp3) is 0.217. The molecule has 0 aliphatic rings. The molecule has 3 rings (SSSR count). The van der Waals surface area contributed by atoms with E-state index >= 15 is 0 Å². The Bertz CT molecular complexity index is 771. The van der Waals surface area contributed by atoms with E-state index in [1.54, 1.807) is 0 Å². The molecule has 1 unspecified atom stereocenters. The Labute approximate surface area is 182 Å². The zero-order chi connectivity index (χ0) is 20.2. The lowest BCUT2D eigenvalue weighted by Gasteiger charge is -2.36. The van der Waals surface area contributed by atoms with Crippen molar-refractivity contribution in [1.29, 1.82) is 0 Å². The van der Waals surface area contributed by atoms with Gasteiger partial charge in [0.25, 0.3) is 0 Å². The number of benzene rings is 3. The second-order valence-electron chi connectivity index (χ2n) is 7.56. The van der Waals surface area contributed by atoms with E-state index in [0.29, 0.717) is 5.28 Å². The molecule has 0 heterocycles. The molecule has 0 nitrogen and oxygen atoms in total. The van der Waals surface area contributed by atoms with E-state index < -0.39 is 21.6 Å². The van der Waals surface area contributed by atoms with Crippen molar-refractivity contribution in [3.05, 3.63) is 91.0 Å². The van der Waals surface area contributed by atoms with Gasteiger partial charge in [-0.25, -0.2) is 0 Å². The van der Waals surface area contributed by atoms with E-state index in [-0.39, 0.29) is 0 Å². The molecule has 28 heavy (non-hydrogen) atoms. The van der Waals surface area contributed by atoms with Gasteiger partial charge in [-0.3, -0.25) is 0 Å². The van der Waals surface area contributed by atoms with E-state index in [1.165, 1.54) is 15.9 Å². The van der Waals surface area contributed by atoms with Gasteiger partial charge in [0.15, 0.2) is 14.3 Å². The summed E-state index contributed by atoms with van der Waals surface area (Å²) < 4.78 is 0. The Morgan fingerprint density at radius 1 is 0.750 bits per heavy atom. The van der Waals surface area contributed by atoms with E-state index in [4.69, 9.17) is 12.1 Å². The van der Waals surface area contributed by atoms with Gasteiger partial charge in [0, 0.05) is 0 Å². The zero-order valence-corrected chi connectivity index (χ0v) is 21.6. The minimum Gasteiger partial charge on any atom is -0.192 e. The second kappa shape index (κ2) is 9.36. The Kier molecular flexibility index (Phi) is 7.33. The van der Waals surface area contributed by atoms with Crippen LogP contribution < -0.4 is 15.9 Å². The SMILES string of the molecule is CC([Si](C)S[Si](C)(C)S)[P+](c1ccccc1)(c1ccccc1)c1ccccc1. The molecule has 0 aliphatic carbocycles. The summed E-state index contributed by atoms with van der Waals surface area (Å²) in [4.78, 5) is 0. The second-order valence-corrected chi connectivity index (χ2v) is 28.7. The predicted molar refractivity (Wildman–Crippen MR) is 140 cm³/mol. The van der Waals surface area contributed by atoms with Crippen molar-refractivity contribution in [2.45, 2.75) is 31.8 Å². The summed E-state index contributed by atoms with van der Waals surface area (Å²) in [6.07, 6.45) is -1.49. The first-order chi connectivity index (χ1) is 13.4. The van der Waals surface area contributed by atoms with Crippen LogP contribution in [0, 0.1) is 0 Å². The van der Waals surface area contributed by atoms with Gasteiger partial charge in [0.05, 0.1) is 5.28 Å². The average molecular weight is 457 g/mol. The maximum Gasteiger partial charge on any atom is 0.161 e. The minimum atomic E-state index is -1.77. The van der Waals surface area contributed by atoms with Crippen molar-refractivity contribution >= 4 is 60.2 Å². The van der Waals surface area contributed by atoms with Gasteiger partial charge < -0.3 is 0 Å². The van der Waals surface area contributed by atoms with Crippen molar-refractivity contribution in [3.63, 3.8) is 0 Å². The maximum absolute atomic E-state index is 4.99. The Morgan fingerprint density at radius 2 is 1.07 bits per heavy atom. The normalized spacial score (nSPS) is 13.5. The number of hydrogen-bond donors (Lipinski definition) is 1. The van der Waals surface area contributed by atoms with E-state index in [0.717, 1.165) is 0 Å². The third-order valence-corrected chi connectivity index (χ3v) is 27.8. The first kappa shape index (κ1) is 21.9. The van der Waals surface area contributed by atoms with Crippen LogP contribution in [0.25, 0.3) is 0 Å². The molecule has 0 fully saturated rings. The van der Waals surface area contributed by atoms with Crippen molar-refractivity contribution in [1.82, 2.24) is 0 Å². The fourth-order valence-corrected chi connectivity index (χ4v) is 30.7. The molecule has 3 aromatic rings. The molecule has 1 radical (unpaired) electrons. The van der Waals surface area contributed by atoms with Crippen LogP contribution in [-0.2, 0) is 0 Å². The van der Waals surface area contributed by atoms with Crippen LogP contribution in [-0.4, -0.2) is 19.6 Å². The minimum absolute atomic E-state index is 0.605. The predicted octanol–water partition coefficient (Wildman–Crippen LogP) is 5.89. The van der Waals surface area contributed by atoms with Crippen molar-refractivity contribution in [2.24, 2.45) is 0 Å². The van der Waals surface area contributed by atoms with Crippen LogP contribution in [0.4, 0.5) is 0 Å². The smallest absolute Gasteiger partial charge is 0.161 e. The van der Waals surface area contributed by atoms with Gasteiger partial charge in [-0.2, -0.15) is 22.7 Å². The highest BCUT2D eigenvalue weighted by molar-refractivity contribution is 8.63. The first-order valence-electron chi connectivity index (χ1n) is 9.66. The van der Waals surface area contributed by atoms with Gasteiger partial charge in [-0.05, 0) is 43.3 Å². The molecule has 0 spiro atoms. The largest absolute Gasteiger partial charge is 0.192 e. The number of hydrogen-bond acceptors (Lipinski definition) is 2. The van der Waals surface area contributed by atoms with Crippen LogP contribution >= 0.6 is 30.0 Å². The molecule has 0 saturated carbocycles. The highest BCUT2D eigenvalue weighted by atomic mass is 32.7. The molecule has 0 saturated heterocycles. The van der Waals surface area contributed by atoms with E-state index in [2.05, 4.69) is 128 Å². The Morgan fingerprint density at radius 3 is 1.36 bits per heavy atom. The molecule has 0 bridgehead atoms. The molecule has 1 atom stereocenters. The van der Waals surface area contributed by atoms with Gasteiger partial charge in [-0.15, -0.1) is 0 Å². The number of rotatable bonds is 7. The van der Waals surface area contributed by atoms with E-state index in [9.17, 15) is 0 Å². The van der Waals surface area contributed by atoms with Gasteiger partial charge in [0.2, 0.25) is 0 Å². The molecule has 0 amide bonds. The van der Waals surface area contributed by atoms with Gasteiger partial charge in [-0.1, -0.05) is 74.2 Å². The van der Waals surface area contributed by atoms with Crippen LogP contribution in [0.5, 0.6) is 0 Å². The molecule has 0 aliphatic heterocycles. The lowest BCUT2D eigenvalue weighted by molar-refractivity contribution is 1.34. The number of thiol groups is 1. The van der Waals surface area contributed by atoms with Crippen LogP contribution in [0.2, 0.25) is 19.6 Å². The highest BCUT2D eigenvalue weighted by Crippen LogP contribution is 2.61. The van der Waals surface area contributed by atoms with Crippen molar-refractivity contribution < 1.29 is 0 Å².